The number of carbonyl (C=O) groups excluding carboxylic acids is 3. The van der Waals surface area contributed by atoms with Gasteiger partial charge >= 0.3 is 17.9 Å². The summed E-state index contributed by atoms with van der Waals surface area (Å²) >= 11 is 0. The number of unbranched alkanes of at least 4 members (excludes halogenated alkanes) is 58. The molecular weight excluding hydrogens is 973 g/mol. The van der Waals surface area contributed by atoms with Gasteiger partial charge in [-0.1, -0.05) is 393 Å². The first-order valence-corrected chi connectivity index (χ1v) is 36.5. The Bertz CT molecular complexity index is 1190. The molecule has 0 aromatic carbocycles. The predicted molar refractivity (Wildman–Crippen MR) is 344 cm³/mol. The van der Waals surface area contributed by atoms with Gasteiger partial charge in [0.1, 0.15) is 13.2 Å². The average Bonchev–Trinajstić information content (AvgIpc) is 3.45. The van der Waals surface area contributed by atoms with Crippen LogP contribution in [0.5, 0.6) is 0 Å². The van der Waals surface area contributed by atoms with E-state index in [0.29, 0.717) is 19.3 Å². The van der Waals surface area contributed by atoms with Gasteiger partial charge in [-0.25, -0.2) is 0 Å². The number of ether oxygens (including phenoxy) is 3. The molecule has 1 unspecified atom stereocenters. The first kappa shape index (κ1) is 77.4. The Morgan fingerprint density at radius 3 is 0.506 bits per heavy atom. The van der Waals surface area contributed by atoms with Crippen molar-refractivity contribution in [3.8, 4) is 0 Å². The number of carbonyl (C=O) groups is 3. The summed E-state index contributed by atoms with van der Waals surface area (Å²) in [7, 11) is 0. The van der Waals surface area contributed by atoms with Gasteiger partial charge in [0, 0.05) is 19.3 Å². The van der Waals surface area contributed by atoms with Crippen molar-refractivity contribution in [2.75, 3.05) is 13.2 Å². The van der Waals surface area contributed by atoms with Crippen molar-refractivity contribution in [1.82, 2.24) is 0 Å². The van der Waals surface area contributed by atoms with E-state index in [-0.39, 0.29) is 31.1 Å². The molecule has 0 amide bonds. The molecule has 0 rings (SSSR count). The maximum Gasteiger partial charge on any atom is 0.306 e. The second kappa shape index (κ2) is 68.9. The lowest BCUT2D eigenvalue weighted by molar-refractivity contribution is -0.167. The van der Waals surface area contributed by atoms with Crippen LogP contribution >= 0.6 is 0 Å². The first-order valence-electron chi connectivity index (χ1n) is 36.5. The molecule has 0 N–H and O–H groups in total. The Morgan fingerprint density at radius 1 is 0.203 bits per heavy atom. The molecule has 0 saturated heterocycles. The zero-order chi connectivity index (χ0) is 57.1. The van der Waals surface area contributed by atoms with Gasteiger partial charge in [0.05, 0.1) is 0 Å². The first-order chi connectivity index (χ1) is 39.0. The minimum Gasteiger partial charge on any atom is -0.462 e. The highest BCUT2D eigenvalue weighted by Crippen LogP contribution is 2.20. The summed E-state index contributed by atoms with van der Waals surface area (Å²) in [4.78, 5) is 38.4. The van der Waals surface area contributed by atoms with Crippen molar-refractivity contribution in [3.05, 3.63) is 0 Å². The van der Waals surface area contributed by atoms with Crippen LogP contribution in [0.4, 0.5) is 0 Å². The van der Waals surface area contributed by atoms with E-state index in [9.17, 15) is 14.4 Å². The van der Waals surface area contributed by atoms with Crippen LogP contribution in [-0.2, 0) is 28.6 Å². The van der Waals surface area contributed by atoms with E-state index in [1.807, 2.05) is 0 Å². The Hall–Kier alpha value is -1.59. The summed E-state index contributed by atoms with van der Waals surface area (Å²) in [5.41, 5.74) is 0. The number of rotatable bonds is 69. The van der Waals surface area contributed by atoms with Crippen molar-refractivity contribution in [1.29, 1.82) is 0 Å². The maximum absolute atomic E-state index is 12.9. The van der Waals surface area contributed by atoms with Crippen LogP contribution in [0.1, 0.15) is 432 Å². The van der Waals surface area contributed by atoms with Crippen LogP contribution in [0.25, 0.3) is 0 Å². The summed E-state index contributed by atoms with van der Waals surface area (Å²) < 4.78 is 17.0. The van der Waals surface area contributed by atoms with E-state index in [1.165, 1.54) is 334 Å². The topological polar surface area (TPSA) is 78.9 Å². The van der Waals surface area contributed by atoms with Gasteiger partial charge < -0.3 is 14.2 Å². The third kappa shape index (κ3) is 67.1. The molecule has 6 nitrogen and oxygen atoms in total. The second-order valence-corrected chi connectivity index (χ2v) is 25.2. The van der Waals surface area contributed by atoms with Gasteiger partial charge in [-0.3, -0.25) is 14.4 Å². The Balaban J connectivity index is 4.05. The molecular formula is C73H142O6. The molecule has 0 heterocycles. The lowest BCUT2D eigenvalue weighted by Crippen LogP contribution is -2.30. The molecule has 470 valence electrons. The minimum atomic E-state index is -0.763. The van der Waals surface area contributed by atoms with Gasteiger partial charge in [0.25, 0.3) is 0 Å². The molecule has 0 aromatic heterocycles. The van der Waals surface area contributed by atoms with Crippen molar-refractivity contribution in [2.45, 2.75) is 438 Å². The van der Waals surface area contributed by atoms with Crippen molar-refractivity contribution < 1.29 is 28.6 Å². The highest BCUT2D eigenvalue weighted by molar-refractivity contribution is 5.71. The van der Waals surface area contributed by atoms with E-state index in [0.717, 1.165) is 57.8 Å². The molecule has 0 bridgehead atoms. The summed E-state index contributed by atoms with van der Waals surface area (Å²) in [5, 5.41) is 0. The molecule has 1 atom stereocenters. The fraction of sp³-hybridized carbons (Fsp3) is 0.959. The van der Waals surface area contributed by atoms with E-state index in [4.69, 9.17) is 14.2 Å². The van der Waals surface area contributed by atoms with Crippen LogP contribution in [0.3, 0.4) is 0 Å². The second-order valence-electron chi connectivity index (χ2n) is 25.2. The Labute approximate surface area is 495 Å². The van der Waals surface area contributed by atoms with Gasteiger partial charge in [0.15, 0.2) is 6.10 Å². The number of hydrogen-bond donors (Lipinski definition) is 0. The highest BCUT2D eigenvalue weighted by atomic mass is 16.6. The zero-order valence-electron chi connectivity index (χ0n) is 54.2. The SMILES string of the molecule is CCCCCCCCCCCCCCCCCCCCCCCCCCCCCCCCCCC(=O)OCC(COC(=O)CCCCCCCCCCCCCC)OC(=O)CCCCCCCCCCCCCCCCCCC. The van der Waals surface area contributed by atoms with E-state index < -0.39 is 6.10 Å². The molecule has 0 fully saturated rings. The lowest BCUT2D eigenvalue weighted by atomic mass is 10.0. The normalized spacial score (nSPS) is 11.9. The van der Waals surface area contributed by atoms with Crippen LogP contribution in [0, 0.1) is 0 Å². The van der Waals surface area contributed by atoms with Crippen LogP contribution in [0.2, 0.25) is 0 Å². The maximum atomic E-state index is 12.9. The number of esters is 3. The molecule has 0 aliphatic rings. The van der Waals surface area contributed by atoms with Crippen LogP contribution < -0.4 is 0 Å². The van der Waals surface area contributed by atoms with Gasteiger partial charge in [-0.2, -0.15) is 0 Å². The highest BCUT2D eigenvalue weighted by Gasteiger charge is 2.20. The standard InChI is InChI=1S/C73H142O6/c1-4-7-10-13-16-19-22-25-27-29-30-31-32-33-34-35-36-37-38-39-40-41-42-43-45-46-48-51-54-57-60-63-66-72(75)78-69-70(68-77-71(74)65-62-59-56-53-50-24-21-18-15-12-9-6-3)79-73(76)67-64-61-58-55-52-49-47-44-28-26-23-20-17-14-11-8-5-2/h70H,4-69H2,1-3H3. The lowest BCUT2D eigenvalue weighted by Gasteiger charge is -2.18. The van der Waals surface area contributed by atoms with Gasteiger partial charge in [-0.15, -0.1) is 0 Å². The van der Waals surface area contributed by atoms with Crippen molar-refractivity contribution in [3.63, 3.8) is 0 Å². The van der Waals surface area contributed by atoms with Crippen molar-refractivity contribution >= 4 is 17.9 Å². The van der Waals surface area contributed by atoms with Crippen LogP contribution in [0.15, 0.2) is 0 Å². The Morgan fingerprint density at radius 2 is 0.342 bits per heavy atom. The van der Waals surface area contributed by atoms with Crippen LogP contribution in [-0.4, -0.2) is 37.2 Å². The fourth-order valence-electron chi connectivity index (χ4n) is 11.6. The third-order valence-electron chi connectivity index (χ3n) is 17.1. The molecule has 0 aliphatic carbocycles. The average molecular weight is 1120 g/mol. The summed E-state index contributed by atoms with van der Waals surface area (Å²) in [6, 6.07) is 0. The third-order valence-corrected chi connectivity index (χ3v) is 17.1. The summed E-state index contributed by atoms with van der Waals surface area (Å²) in [6.07, 6.45) is 81.6. The van der Waals surface area contributed by atoms with Gasteiger partial charge in [0.2, 0.25) is 0 Å². The minimum absolute atomic E-state index is 0.0604. The molecule has 0 aliphatic heterocycles. The monoisotopic (exact) mass is 1120 g/mol. The summed E-state index contributed by atoms with van der Waals surface area (Å²) in [6.45, 7) is 6.73. The molecule has 0 spiro atoms. The summed E-state index contributed by atoms with van der Waals surface area (Å²) in [5.74, 6) is -0.822. The molecule has 0 saturated carbocycles. The molecule has 6 heteroatoms. The quantitative estimate of drug-likeness (QED) is 0.0343. The fourth-order valence-corrected chi connectivity index (χ4v) is 11.6. The zero-order valence-corrected chi connectivity index (χ0v) is 54.2. The van der Waals surface area contributed by atoms with E-state index in [1.54, 1.807) is 0 Å². The Kier molecular flexibility index (Phi) is 67.5. The van der Waals surface area contributed by atoms with Crippen molar-refractivity contribution in [2.24, 2.45) is 0 Å². The predicted octanol–water partition coefficient (Wildman–Crippen LogP) is 25.0. The number of hydrogen-bond acceptors (Lipinski definition) is 6. The van der Waals surface area contributed by atoms with E-state index >= 15 is 0 Å². The van der Waals surface area contributed by atoms with E-state index in [2.05, 4.69) is 20.8 Å². The van der Waals surface area contributed by atoms with Gasteiger partial charge in [-0.05, 0) is 19.3 Å². The molecule has 0 radical (unpaired) electrons. The smallest absolute Gasteiger partial charge is 0.306 e. The molecule has 0 aromatic rings. The molecule has 79 heavy (non-hydrogen) atoms. The largest absolute Gasteiger partial charge is 0.462 e.